The zero-order chi connectivity index (χ0) is 11.3. The molecule has 0 aromatic heterocycles. The van der Waals surface area contributed by atoms with Gasteiger partial charge in [0.1, 0.15) is 0 Å². The summed E-state index contributed by atoms with van der Waals surface area (Å²) in [6, 6.07) is 14.7. The lowest BCUT2D eigenvalue weighted by Crippen LogP contribution is -1.80. The zero-order valence-corrected chi connectivity index (χ0v) is 9.41. The highest BCUT2D eigenvalue weighted by Gasteiger charge is 1.95. The molecule has 0 atom stereocenters. The van der Waals surface area contributed by atoms with E-state index in [1.807, 2.05) is 0 Å². The number of fused-ring (bicyclic) bond motifs is 1. The molecule has 0 amide bonds. The van der Waals surface area contributed by atoms with E-state index >= 15 is 0 Å². The number of benzene rings is 2. The molecule has 2 aromatic rings. The highest BCUT2D eigenvalue weighted by Crippen LogP contribution is 2.19. The molecule has 0 saturated carbocycles. The Kier molecular flexibility index (Phi) is 3.88. The van der Waals surface area contributed by atoms with Crippen LogP contribution in [0.1, 0.15) is 18.1 Å². The molecule has 0 N–H and O–H groups in total. The molecule has 0 bridgehead atoms. The quantitative estimate of drug-likeness (QED) is 0.626. The van der Waals surface area contributed by atoms with Crippen molar-refractivity contribution >= 4 is 10.8 Å². The van der Waals surface area contributed by atoms with Gasteiger partial charge in [-0.05, 0) is 30.2 Å². The molecule has 0 saturated heterocycles. The number of aryl methyl sites for hydroxylation is 2. The van der Waals surface area contributed by atoms with Crippen LogP contribution in [0, 0.1) is 25.2 Å². The summed E-state index contributed by atoms with van der Waals surface area (Å²) in [7, 11) is 0. The van der Waals surface area contributed by atoms with Crippen LogP contribution < -0.4 is 0 Å². The van der Waals surface area contributed by atoms with Crippen molar-refractivity contribution in [1.29, 1.82) is 5.26 Å². The molecule has 1 heteroatoms. The van der Waals surface area contributed by atoms with Crippen LogP contribution in [0.5, 0.6) is 0 Å². The normalized spacial score (nSPS) is 8.93. The number of hydrogen-bond donors (Lipinski definition) is 0. The summed E-state index contributed by atoms with van der Waals surface area (Å²) in [5.41, 5.74) is 2.71. The second-order valence-electron chi connectivity index (χ2n) is 3.53. The molecular formula is C14H15N. The van der Waals surface area contributed by atoms with Crippen LogP contribution in [0.25, 0.3) is 10.8 Å². The molecular weight excluding hydrogens is 182 g/mol. The van der Waals surface area contributed by atoms with E-state index < -0.39 is 0 Å². The van der Waals surface area contributed by atoms with Crippen LogP contribution in [0.3, 0.4) is 0 Å². The smallest absolute Gasteiger partial charge is 0.0587 e. The van der Waals surface area contributed by atoms with Crippen molar-refractivity contribution in [1.82, 2.24) is 0 Å². The first-order valence-corrected chi connectivity index (χ1v) is 4.96. The van der Waals surface area contributed by atoms with E-state index in [1.54, 1.807) is 6.07 Å². The molecule has 2 aromatic carbocycles. The first-order chi connectivity index (χ1) is 7.19. The van der Waals surface area contributed by atoms with Gasteiger partial charge in [-0.15, -0.1) is 0 Å². The summed E-state index contributed by atoms with van der Waals surface area (Å²) in [4.78, 5) is 0. The lowest BCUT2D eigenvalue weighted by atomic mass is 10.0. The Morgan fingerprint density at radius 3 is 2.33 bits per heavy atom. The van der Waals surface area contributed by atoms with E-state index in [0.29, 0.717) is 0 Å². The maximum Gasteiger partial charge on any atom is 0.0587 e. The minimum atomic E-state index is 1.34. The van der Waals surface area contributed by atoms with Crippen LogP contribution in [-0.4, -0.2) is 0 Å². The summed E-state index contributed by atoms with van der Waals surface area (Å²) in [5, 5.41) is 10.0. The first-order valence-electron chi connectivity index (χ1n) is 4.96. The van der Waals surface area contributed by atoms with E-state index in [4.69, 9.17) is 5.26 Å². The Bertz CT molecular complexity index is 492. The minimum Gasteiger partial charge on any atom is -0.199 e. The van der Waals surface area contributed by atoms with Crippen molar-refractivity contribution in [2.45, 2.75) is 20.8 Å². The second-order valence-corrected chi connectivity index (χ2v) is 3.53. The van der Waals surface area contributed by atoms with Gasteiger partial charge >= 0.3 is 0 Å². The molecule has 0 spiro atoms. The van der Waals surface area contributed by atoms with E-state index in [2.05, 4.69) is 50.2 Å². The molecule has 15 heavy (non-hydrogen) atoms. The number of rotatable bonds is 0. The average Bonchev–Trinajstić information content (AvgIpc) is 2.18. The second kappa shape index (κ2) is 5.17. The standard InChI is InChI=1S/C12H12.C2H3N/c1-9-7-10(2)12-6-4-3-5-11(12)8-9;1-2-3/h3-8H,1-2H3;1H3. The SMILES string of the molecule is CC#N.Cc1cc(C)c2ccccc2c1. The molecule has 0 unspecified atom stereocenters. The highest BCUT2D eigenvalue weighted by molar-refractivity contribution is 5.86. The zero-order valence-electron chi connectivity index (χ0n) is 9.41. The Hall–Kier alpha value is -1.81. The Morgan fingerprint density at radius 1 is 1.07 bits per heavy atom. The summed E-state index contributed by atoms with van der Waals surface area (Å²) in [5.74, 6) is 0. The fourth-order valence-corrected chi connectivity index (χ4v) is 1.69. The first kappa shape index (κ1) is 11.3. The summed E-state index contributed by atoms with van der Waals surface area (Å²) in [6.07, 6.45) is 0. The lowest BCUT2D eigenvalue weighted by Gasteiger charge is -2.02. The van der Waals surface area contributed by atoms with Gasteiger partial charge in [0.2, 0.25) is 0 Å². The van der Waals surface area contributed by atoms with Crippen molar-refractivity contribution in [3.05, 3.63) is 47.5 Å². The summed E-state index contributed by atoms with van der Waals surface area (Å²) >= 11 is 0. The van der Waals surface area contributed by atoms with E-state index in [9.17, 15) is 0 Å². The average molecular weight is 197 g/mol. The van der Waals surface area contributed by atoms with Crippen LogP contribution in [-0.2, 0) is 0 Å². The maximum atomic E-state index is 7.32. The van der Waals surface area contributed by atoms with Gasteiger partial charge in [0.25, 0.3) is 0 Å². The fraction of sp³-hybridized carbons (Fsp3) is 0.214. The fourth-order valence-electron chi connectivity index (χ4n) is 1.69. The third-order valence-electron chi connectivity index (χ3n) is 2.21. The van der Waals surface area contributed by atoms with Gasteiger partial charge < -0.3 is 0 Å². The van der Waals surface area contributed by atoms with E-state index in [0.717, 1.165) is 0 Å². The molecule has 76 valence electrons. The van der Waals surface area contributed by atoms with Crippen LogP contribution in [0.4, 0.5) is 0 Å². The van der Waals surface area contributed by atoms with E-state index in [-0.39, 0.29) is 0 Å². The lowest BCUT2D eigenvalue weighted by molar-refractivity contribution is 1.43. The molecule has 0 aliphatic rings. The molecule has 0 heterocycles. The molecule has 2 rings (SSSR count). The topological polar surface area (TPSA) is 23.8 Å². The Labute approximate surface area is 91.0 Å². The largest absolute Gasteiger partial charge is 0.199 e. The predicted molar refractivity (Wildman–Crippen MR) is 64.7 cm³/mol. The molecule has 1 nitrogen and oxygen atoms in total. The van der Waals surface area contributed by atoms with Gasteiger partial charge in [0, 0.05) is 6.92 Å². The van der Waals surface area contributed by atoms with Crippen molar-refractivity contribution in [2.24, 2.45) is 0 Å². The van der Waals surface area contributed by atoms with Gasteiger partial charge in [0.05, 0.1) is 6.07 Å². The van der Waals surface area contributed by atoms with Crippen molar-refractivity contribution in [3.63, 3.8) is 0 Å². The van der Waals surface area contributed by atoms with Gasteiger partial charge in [-0.2, -0.15) is 5.26 Å². The molecule has 0 aliphatic carbocycles. The van der Waals surface area contributed by atoms with Crippen LogP contribution >= 0.6 is 0 Å². The summed E-state index contributed by atoms with van der Waals surface area (Å²) < 4.78 is 0. The monoisotopic (exact) mass is 197 g/mol. The third kappa shape index (κ3) is 2.82. The minimum absolute atomic E-state index is 1.34. The van der Waals surface area contributed by atoms with Gasteiger partial charge in [0.15, 0.2) is 0 Å². The van der Waals surface area contributed by atoms with Crippen molar-refractivity contribution < 1.29 is 0 Å². The van der Waals surface area contributed by atoms with Gasteiger partial charge in [-0.1, -0.05) is 42.0 Å². The maximum absolute atomic E-state index is 7.32. The summed E-state index contributed by atoms with van der Waals surface area (Å²) in [6.45, 7) is 5.73. The van der Waals surface area contributed by atoms with Gasteiger partial charge in [-0.25, -0.2) is 0 Å². The Morgan fingerprint density at radius 2 is 1.67 bits per heavy atom. The molecule has 0 aliphatic heterocycles. The molecule has 0 fully saturated rings. The number of nitrogens with zero attached hydrogens (tertiary/aromatic N) is 1. The number of hydrogen-bond acceptors (Lipinski definition) is 1. The molecule has 0 radical (unpaired) electrons. The Balaban J connectivity index is 0.000000337. The highest BCUT2D eigenvalue weighted by atomic mass is 14.2. The van der Waals surface area contributed by atoms with Crippen LogP contribution in [0.2, 0.25) is 0 Å². The predicted octanol–water partition coefficient (Wildman–Crippen LogP) is 3.99. The third-order valence-corrected chi connectivity index (χ3v) is 2.21. The van der Waals surface area contributed by atoms with Crippen LogP contribution in [0.15, 0.2) is 36.4 Å². The van der Waals surface area contributed by atoms with Gasteiger partial charge in [-0.3, -0.25) is 0 Å². The van der Waals surface area contributed by atoms with Crippen molar-refractivity contribution in [3.8, 4) is 6.07 Å². The van der Waals surface area contributed by atoms with Crippen molar-refractivity contribution in [2.75, 3.05) is 0 Å². The van der Waals surface area contributed by atoms with E-state index in [1.165, 1.54) is 28.8 Å². The number of nitriles is 1.